The summed E-state index contributed by atoms with van der Waals surface area (Å²) in [6, 6.07) is 1.74. The SMILES string of the molecule is CCC1CNCCN1C1CC1C. The van der Waals surface area contributed by atoms with E-state index >= 15 is 0 Å². The summed E-state index contributed by atoms with van der Waals surface area (Å²) in [5, 5.41) is 3.47. The molecule has 12 heavy (non-hydrogen) atoms. The Morgan fingerprint density at radius 1 is 1.50 bits per heavy atom. The van der Waals surface area contributed by atoms with Gasteiger partial charge in [-0.1, -0.05) is 13.8 Å². The Hall–Kier alpha value is -0.0800. The molecule has 3 atom stereocenters. The number of piperazine rings is 1. The molecule has 0 aromatic rings. The normalized spacial score (nSPS) is 43.0. The third-order valence-corrected chi connectivity index (χ3v) is 3.36. The highest BCUT2D eigenvalue weighted by Gasteiger charge is 2.41. The van der Waals surface area contributed by atoms with Crippen molar-refractivity contribution in [3.63, 3.8) is 0 Å². The molecule has 2 fully saturated rings. The van der Waals surface area contributed by atoms with Gasteiger partial charge in [0.1, 0.15) is 0 Å². The topological polar surface area (TPSA) is 15.3 Å². The fraction of sp³-hybridized carbons (Fsp3) is 1.00. The molecule has 2 nitrogen and oxygen atoms in total. The second-order valence-electron chi connectivity index (χ2n) is 4.28. The van der Waals surface area contributed by atoms with E-state index in [1.54, 1.807) is 0 Å². The van der Waals surface area contributed by atoms with E-state index in [2.05, 4.69) is 24.1 Å². The van der Waals surface area contributed by atoms with Gasteiger partial charge in [0.2, 0.25) is 0 Å². The lowest BCUT2D eigenvalue weighted by Crippen LogP contribution is -2.52. The van der Waals surface area contributed by atoms with Crippen LogP contribution in [0, 0.1) is 5.92 Å². The molecule has 1 saturated heterocycles. The monoisotopic (exact) mass is 168 g/mol. The van der Waals surface area contributed by atoms with Crippen molar-refractivity contribution >= 4 is 0 Å². The standard InChI is InChI=1S/C10H20N2/c1-3-9-7-11-4-5-12(9)10-6-8(10)2/h8-11H,3-7H2,1-2H3. The minimum Gasteiger partial charge on any atom is -0.314 e. The molecule has 0 aromatic heterocycles. The van der Waals surface area contributed by atoms with E-state index in [9.17, 15) is 0 Å². The van der Waals surface area contributed by atoms with Crippen LogP contribution in [-0.2, 0) is 0 Å². The van der Waals surface area contributed by atoms with E-state index < -0.39 is 0 Å². The molecule has 1 N–H and O–H groups in total. The predicted molar refractivity (Wildman–Crippen MR) is 51.2 cm³/mol. The van der Waals surface area contributed by atoms with Gasteiger partial charge in [-0.3, -0.25) is 4.90 Å². The molecule has 0 spiro atoms. The largest absolute Gasteiger partial charge is 0.314 e. The minimum atomic E-state index is 0.814. The van der Waals surface area contributed by atoms with Crippen molar-refractivity contribution in [2.24, 2.45) is 5.92 Å². The molecule has 1 heterocycles. The van der Waals surface area contributed by atoms with Crippen LogP contribution in [0.2, 0.25) is 0 Å². The highest BCUT2D eigenvalue weighted by atomic mass is 15.3. The van der Waals surface area contributed by atoms with E-state index in [4.69, 9.17) is 0 Å². The number of hydrogen-bond donors (Lipinski definition) is 1. The maximum absolute atomic E-state index is 3.47. The molecule has 1 aliphatic carbocycles. The Bertz CT molecular complexity index is 158. The summed E-state index contributed by atoms with van der Waals surface area (Å²) in [5.41, 5.74) is 0. The lowest BCUT2D eigenvalue weighted by Gasteiger charge is -2.36. The first-order valence-electron chi connectivity index (χ1n) is 5.29. The average Bonchev–Trinajstić information content (AvgIpc) is 2.83. The van der Waals surface area contributed by atoms with Crippen LogP contribution in [0.4, 0.5) is 0 Å². The number of hydrogen-bond acceptors (Lipinski definition) is 2. The van der Waals surface area contributed by atoms with Crippen LogP contribution < -0.4 is 5.32 Å². The number of nitrogens with zero attached hydrogens (tertiary/aromatic N) is 1. The van der Waals surface area contributed by atoms with Crippen LogP contribution in [0.25, 0.3) is 0 Å². The van der Waals surface area contributed by atoms with Crippen LogP contribution >= 0.6 is 0 Å². The highest BCUT2D eigenvalue weighted by molar-refractivity contribution is 4.96. The van der Waals surface area contributed by atoms with E-state index in [1.807, 2.05) is 0 Å². The van der Waals surface area contributed by atoms with Crippen molar-refractivity contribution in [1.29, 1.82) is 0 Å². The molecule has 1 saturated carbocycles. The lowest BCUT2D eigenvalue weighted by molar-refractivity contribution is 0.142. The van der Waals surface area contributed by atoms with Crippen molar-refractivity contribution < 1.29 is 0 Å². The van der Waals surface area contributed by atoms with Crippen LogP contribution in [0.15, 0.2) is 0 Å². The van der Waals surface area contributed by atoms with Gasteiger partial charge in [0.15, 0.2) is 0 Å². The molecular formula is C10H20N2. The van der Waals surface area contributed by atoms with Crippen LogP contribution in [0.1, 0.15) is 26.7 Å². The Morgan fingerprint density at radius 2 is 2.25 bits per heavy atom. The van der Waals surface area contributed by atoms with Gasteiger partial charge < -0.3 is 5.32 Å². The zero-order chi connectivity index (χ0) is 8.55. The van der Waals surface area contributed by atoms with Gasteiger partial charge in [-0.15, -0.1) is 0 Å². The van der Waals surface area contributed by atoms with Gasteiger partial charge in [0.25, 0.3) is 0 Å². The summed E-state index contributed by atoms with van der Waals surface area (Å²) >= 11 is 0. The zero-order valence-corrected chi connectivity index (χ0v) is 8.21. The molecule has 2 heteroatoms. The van der Waals surface area contributed by atoms with Gasteiger partial charge in [0.05, 0.1) is 0 Å². The lowest BCUT2D eigenvalue weighted by atomic mass is 10.1. The molecule has 2 rings (SSSR count). The Morgan fingerprint density at radius 3 is 2.83 bits per heavy atom. The van der Waals surface area contributed by atoms with Crippen LogP contribution in [0.3, 0.4) is 0 Å². The van der Waals surface area contributed by atoms with Gasteiger partial charge >= 0.3 is 0 Å². The van der Waals surface area contributed by atoms with E-state index in [0.29, 0.717) is 0 Å². The Kier molecular flexibility index (Phi) is 2.37. The van der Waals surface area contributed by atoms with Crippen LogP contribution in [0.5, 0.6) is 0 Å². The summed E-state index contributed by atoms with van der Waals surface area (Å²) in [4.78, 5) is 2.72. The second kappa shape index (κ2) is 3.35. The predicted octanol–water partition coefficient (Wildman–Crippen LogP) is 1.08. The molecule has 0 bridgehead atoms. The van der Waals surface area contributed by atoms with Gasteiger partial charge in [-0.05, 0) is 18.8 Å². The van der Waals surface area contributed by atoms with Crippen molar-refractivity contribution in [3.05, 3.63) is 0 Å². The molecule has 3 unspecified atom stereocenters. The molecule has 0 radical (unpaired) electrons. The van der Waals surface area contributed by atoms with E-state index in [0.717, 1.165) is 18.0 Å². The molecular weight excluding hydrogens is 148 g/mol. The van der Waals surface area contributed by atoms with Crippen molar-refractivity contribution in [2.45, 2.75) is 38.8 Å². The third-order valence-electron chi connectivity index (χ3n) is 3.36. The van der Waals surface area contributed by atoms with Crippen molar-refractivity contribution in [1.82, 2.24) is 10.2 Å². The van der Waals surface area contributed by atoms with Crippen molar-refractivity contribution in [3.8, 4) is 0 Å². The summed E-state index contributed by atoms with van der Waals surface area (Å²) in [6.07, 6.45) is 2.74. The van der Waals surface area contributed by atoms with E-state index in [-0.39, 0.29) is 0 Å². The minimum absolute atomic E-state index is 0.814. The summed E-state index contributed by atoms with van der Waals surface area (Å²) < 4.78 is 0. The van der Waals surface area contributed by atoms with Gasteiger partial charge in [0, 0.05) is 31.7 Å². The molecule has 0 amide bonds. The first-order chi connectivity index (χ1) is 5.83. The van der Waals surface area contributed by atoms with E-state index in [1.165, 1.54) is 32.5 Å². The maximum Gasteiger partial charge on any atom is 0.0221 e. The highest BCUT2D eigenvalue weighted by Crippen LogP contribution is 2.36. The first-order valence-corrected chi connectivity index (χ1v) is 5.29. The summed E-state index contributed by atoms with van der Waals surface area (Å²) in [7, 11) is 0. The third kappa shape index (κ3) is 1.50. The Labute approximate surface area is 75.3 Å². The number of nitrogens with one attached hydrogen (secondary N) is 1. The first kappa shape index (κ1) is 8.52. The molecule has 1 aliphatic heterocycles. The fourth-order valence-corrected chi connectivity index (χ4v) is 2.36. The quantitative estimate of drug-likeness (QED) is 0.663. The smallest absolute Gasteiger partial charge is 0.0221 e. The Balaban J connectivity index is 1.91. The fourth-order valence-electron chi connectivity index (χ4n) is 2.36. The molecule has 2 aliphatic rings. The summed E-state index contributed by atoms with van der Waals surface area (Å²) in [5.74, 6) is 0.970. The molecule has 70 valence electrons. The van der Waals surface area contributed by atoms with Crippen molar-refractivity contribution in [2.75, 3.05) is 19.6 Å². The van der Waals surface area contributed by atoms with Gasteiger partial charge in [-0.25, -0.2) is 0 Å². The average molecular weight is 168 g/mol. The number of rotatable bonds is 2. The maximum atomic E-state index is 3.47. The zero-order valence-electron chi connectivity index (χ0n) is 8.21. The van der Waals surface area contributed by atoms with Gasteiger partial charge in [-0.2, -0.15) is 0 Å². The molecule has 0 aromatic carbocycles. The second-order valence-corrected chi connectivity index (χ2v) is 4.28. The van der Waals surface area contributed by atoms with Crippen LogP contribution in [-0.4, -0.2) is 36.6 Å². The summed E-state index contributed by atoms with van der Waals surface area (Å²) in [6.45, 7) is 8.35.